The van der Waals surface area contributed by atoms with E-state index in [2.05, 4.69) is 35.2 Å². The second-order valence-corrected chi connectivity index (χ2v) is 8.11. The molecule has 0 aromatic heterocycles. The Morgan fingerprint density at radius 2 is 1.74 bits per heavy atom. The predicted molar refractivity (Wildman–Crippen MR) is 112 cm³/mol. The zero-order chi connectivity index (χ0) is 19.1. The van der Waals surface area contributed by atoms with E-state index in [0.29, 0.717) is 16.6 Å². The van der Waals surface area contributed by atoms with Crippen LogP contribution in [-0.2, 0) is 17.8 Å². The van der Waals surface area contributed by atoms with Crippen molar-refractivity contribution in [1.29, 1.82) is 0 Å². The number of nitrogens with zero attached hydrogens (tertiary/aromatic N) is 2. The molecule has 5 heteroatoms. The van der Waals surface area contributed by atoms with E-state index in [1.165, 1.54) is 24.8 Å². The fourth-order valence-electron chi connectivity index (χ4n) is 3.67. The summed E-state index contributed by atoms with van der Waals surface area (Å²) in [7, 11) is 0. The van der Waals surface area contributed by atoms with Gasteiger partial charge in [-0.25, -0.2) is 0 Å². The van der Waals surface area contributed by atoms with Crippen LogP contribution in [-0.4, -0.2) is 42.4 Å². The highest BCUT2D eigenvalue weighted by Crippen LogP contribution is 2.24. The highest BCUT2D eigenvalue weighted by atomic mass is 35.5. The molecule has 1 saturated heterocycles. The summed E-state index contributed by atoms with van der Waals surface area (Å²) >= 11 is 12.0. The third-order valence-electron chi connectivity index (χ3n) is 5.30. The summed E-state index contributed by atoms with van der Waals surface area (Å²) in [5.41, 5.74) is 2.43. The van der Waals surface area contributed by atoms with Crippen LogP contribution in [0, 0.1) is 5.92 Å². The topological polar surface area (TPSA) is 23.6 Å². The summed E-state index contributed by atoms with van der Waals surface area (Å²) in [6, 6.07) is 16.3. The van der Waals surface area contributed by atoms with Crippen LogP contribution < -0.4 is 0 Å². The Hall–Kier alpha value is -1.55. The number of likely N-dealkylation sites (tertiary alicyclic amines) is 1. The molecule has 27 heavy (non-hydrogen) atoms. The molecule has 0 unspecified atom stereocenters. The minimum Gasteiger partial charge on any atom is -0.340 e. The van der Waals surface area contributed by atoms with Gasteiger partial charge in [-0.15, -0.1) is 0 Å². The van der Waals surface area contributed by atoms with Gasteiger partial charge < -0.3 is 9.80 Å². The molecule has 1 heterocycles. The Balaban J connectivity index is 1.41. The third kappa shape index (κ3) is 6.24. The van der Waals surface area contributed by atoms with Gasteiger partial charge in [-0.3, -0.25) is 4.79 Å². The van der Waals surface area contributed by atoms with Crippen LogP contribution in [0.2, 0.25) is 10.0 Å². The second-order valence-electron chi connectivity index (χ2n) is 7.30. The number of carbonyl (C=O) groups excluding carboxylic acids is 1. The van der Waals surface area contributed by atoms with E-state index in [0.717, 1.165) is 44.1 Å². The largest absolute Gasteiger partial charge is 0.340 e. The minimum absolute atomic E-state index is 0.528. The van der Waals surface area contributed by atoms with Crippen LogP contribution in [0.25, 0.3) is 0 Å². The van der Waals surface area contributed by atoms with E-state index in [1.54, 1.807) is 11.0 Å². The van der Waals surface area contributed by atoms with Gasteiger partial charge in [-0.2, -0.15) is 0 Å². The molecule has 0 atom stereocenters. The summed E-state index contributed by atoms with van der Waals surface area (Å²) < 4.78 is 0. The van der Waals surface area contributed by atoms with Crippen molar-refractivity contribution in [2.75, 3.05) is 26.2 Å². The number of hydrogen-bond donors (Lipinski definition) is 0. The van der Waals surface area contributed by atoms with Crippen LogP contribution in [0.1, 0.15) is 24.0 Å². The first kappa shape index (κ1) is 20.2. The lowest BCUT2D eigenvalue weighted by Crippen LogP contribution is -2.39. The Bertz CT molecular complexity index is 730. The number of benzene rings is 2. The number of halogens is 2. The zero-order valence-corrected chi connectivity index (χ0v) is 17.0. The van der Waals surface area contributed by atoms with Gasteiger partial charge in [0, 0.05) is 19.6 Å². The molecule has 0 N–H and O–H groups in total. The van der Waals surface area contributed by atoms with Gasteiger partial charge in [0.2, 0.25) is 6.41 Å². The summed E-state index contributed by atoms with van der Waals surface area (Å²) in [4.78, 5) is 15.7. The smallest absolute Gasteiger partial charge is 0.210 e. The molecule has 144 valence electrons. The van der Waals surface area contributed by atoms with Crippen molar-refractivity contribution in [3.63, 3.8) is 0 Å². The van der Waals surface area contributed by atoms with E-state index in [1.807, 2.05) is 12.1 Å². The number of hydrogen-bond acceptors (Lipinski definition) is 2. The molecule has 1 aliphatic rings. The third-order valence-corrected chi connectivity index (χ3v) is 6.04. The molecule has 2 aromatic carbocycles. The van der Waals surface area contributed by atoms with Gasteiger partial charge >= 0.3 is 0 Å². The van der Waals surface area contributed by atoms with Gasteiger partial charge in [0.05, 0.1) is 10.0 Å². The molecule has 0 radical (unpaired) electrons. The SMILES string of the molecule is O=CN(CCN1CCC(Cc2ccccc2)CC1)Cc1ccc(Cl)c(Cl)c1. The number of carbonyl (C=O) groups is 1. The highest BCUT2D eigenvalue weighted by Gasteiger charge is 2.19. The molecule has 0 aliphatic carbocycles. The summed E-state index contributed by atoms with van der Waals surface area (Å²) in [6.07, 6.45) is 4.54. The van der Waals surface area contributed by atoms with Gasteiger partial charge in [-0.05, 0) is 61.5 Å². The average Bonchev–Trinajstić information content (AvgIpc) is 2.70. The fourth-order valence-corrected chi connectivity index (χ4v) is 3.99. The van der Waals surface area contributed by atoms with Gasteiger partial charge in [-0.1, -0.05) is 59.6 Å². The molecule has 1 aliphatic heterocycles. The van der Waals surface area contributed by atoms with Crippen LogP contribution in [0.4, 0.5) is 0 Å². The average molecular weight is 405 g/mol. The van der Waals surface area contributed by atoms with Crippen LogP contribution in [0.3, 0.4) is 0 Å². The van der Waals surface area contributed by atoms with Gasteiger partial charge in [0.25, 0.3) is 0 Å². The number of piperidine rings is 1. The standard InChI is InChI=1S/C22H26Cl2N2O/c23-21-7-6-20(15-22(21)24)16-26(17-27)13-12-25-10-8-19(9-11-25)14-18-4-2-1-3-5-18/h1-7,15,17,19H,8-14,16H2. The molecular weight excluding hydrogens is 379 g/mol. The molecule has 0 bridgehead atoms. The monoisotopic (exact) mass is 404 g/mol. The highest BCUT2D eigenvalue weighted by molar-refractivity contribution is 6.42. The van der Waals surface area contributed by atoms with Crippen molar-refractivity contribution in [2.24, 2.45) is 5.92 Å². The summed E-state index contributed by atoms with van der Waals surface area (Å²) in [5.74, 6) is 0.766. The molecule has 1 amide bonds. The quantitative estimate of drug-likeness (QED) is 0.583. The van der Waals surface area contributed by atoms with Crippen molar-refractivity contribution >= 4 is 29.6 Å². The van der Waals surface area contributed by atoms with Crippen molar-refractivity contribution in [3.05, 3.63) is 69.7 Å². The predicted octanol–water partition coefficient (Wildman–Crippen LogP) is 4.91. The van der Waals surface area contributed by atoms with Crippen molar-refractivity contribution < 1.29 is 4.79 Å². The van der Waals surface area contributed by atoms with Crippen molar-refractivity contribution in [3.8, 4) is 0 Å². The van der Waals surface area contributed by atoms with Crippen LogP contribution in [0.5, 0.6) is 0 Å². The lowest BCUT2D eigenvalue weighted by atomic mass is 9.90. The Labute approximate surface area is 171 Å². The maximum Gasteiger partial charge on any atom is 0.210 e. The van der Waals surface area contributed by atoms with Gasteiger partial charge in [0.15, 0.2) is 0 Å². The first-order valence-corrected chi connectivity index (χ1v) is 10.3. The summed E-state index contributed by atoms with van der Waals surface area (Å²) in [5, 5.41) is 1.07. The molecular formula is C22H26Cl2N2O. The molecule has 1 fully saturated rings. The fraction of sp³-hybridized carbons (Fsp3) is 0.409. The van der Waals surface area contributed by atoms with E-state index in [4.69, 9.17) is 23.2 Å². The van der Waals surface area contributed by atoms with Crippen molar-refractivity contribution in [1.82, 2.24) is 9.80 Å². The number of amides is 1. The van der Waals surface area contributed by atoms with Gasteiger partial charge in [0.1, 0.15) is 0 Å². The molecule has 3 nitrogen and oxygen atoms in total. The van der Waals surface area contributed by atoms with E-state index in [9.17, 15) is 4.79 Å². The Morgan fingerprint density at radius 1 is 1.00 bits per heavy atom. The molecule has 2 aromatic rings. The zero-order valence-electron chi connectivity index (χ0n) is 15.5. The summed E-state index contributed by atoms with van der Waals surface area (Å²) in [6.45, 7) is 4.42. The van der Waals surface area contributed by atoms with Crippen LogP contribution >= 0.6 is 23.2 Å². The first-order valence-electron chi connectivity index (χ1n) is 9.53. The maximum atomic E-state index is 11.4. The van der Waals surface area contributed by atoms with E-state index < -0.39 is 0 Å². The van der Waals surface area contributed by atoms with Crippen LogP contribution in [0.15, 0.2) is 48.5 Å². The molecule has 0 spiro atoms. The minimum atomic E-state index is 0.528. The van der Waals surface area contributed by atoms with Crippen molar-refractivity contribution in [2.45, 2.75) is 25.8 Å². The Morgan fingerprint density at radius 3 is 2.41 bits per heavy atom. The number of rotatable bonds is 8. The lowest BCUT2D eigenvalue weighted by Gasteiger charge is -2.33. The molecule has 3 rings (SSSR count). The molecule has 0 saturated carbocycles. The van der Waals surface area contributed by atoms with E-state index >= 15 is 0 Å². The van der Waals surface area contributed by atoms with E-state index in [-0.39, 0.29) is 0 Å². The Kier molecular flexibility index (Phi) is 7.57. The second kappa shape index (κ2) is 10.1. The lowest BCUT2D eigenvalue weighted by molar-refractivity contribution is -0.118. The normalized spacial score (nSPS) is 15.6. The maximum absolute atomic E-state index is 11.4. The first-order chi connectivity index (χ1) is 13.1.